The third-order valence-corrected chi connectivity index (χ3v) is 6.26. The molecule has 5 aromatic rings. The Bertz CT molecular complexity index is 1380. The standard InChI is InChI=1S/C24H20N4O2S/c1-14-8-9-15(24-28-17-6-4-5-7-22(17)31-24)10-18(14)27-23-16-11-20(29-2)21(30-3)12-19(16)25-13-26-23/h4-13H,1-3H3,(H,25,26,27). The molecule has 0 aliphatic carbocycles. The number of hydrogen-bond acceptors (Lipinski definition) is 7. The Hall–Kier alpha value is -3.71. The van der Waals surface area contributed by atoms with Crippen LogP contribution in [0.1, 0.15) is 5.56 Å². The number of para-hydroxylation sites is 1. The van der Waals surface area contributed by atoms with Crippen LogP contribution in [0.15, 0.2) is 60.9 Å². The largest absolute Gasteiger partial charge is 0.493 e. The van der Waals surface area contributed by atoms with Crippen molar-refractivity contribution in [3.05, 3.63) is 66.5 Å². The van der Waals surface area contributed by atoms with Gasteiger partial charge in [-0.3, -0.25) is 0 Å². The predicted octanol–water partition coefficient (Wildman–Crippen LogP) is 5.98. The van der Waals surface area contributed by atoms with E-state index in [2.05, 4.69) is 46.5 Å². The summed E-state index contributed by atoms with van der Waals surface area (Å²) >= 11 is 1.69. The van der Waals surface area contributed by atoms with Gasteiger partial charge >= 0.3 is 0 Å². The molecule has 0 aliphatic rings. The molecule has 0 aliphatic heterocycles. The summed E-state index contributed by atoms with van der Waals surface area (Å²) in [5.41, 5.74) is 4.92. The summed E-state index contributed by atoms with van der Waals surface area (Å²) in [6.45, 7) is 2.07. The van der Waals surface area contributed by atoms with Crippen molar-refractivity contribution >= 4 is 44.0 Å². The fourth-order valence-corrected chi connectivity index (χ4v) is 4.46. The van der Waals surface area contributed by atoms with Crippen LogP contribution >= 0.6 is 11.3 Å². The fraction of sp³-hybridized carbons (Fsp3) is 0.125. The van der Waals surface area contributed by atoms with Crippen molar-refractivity contribution in [3.8, 4) is 22.1 Å². The van der Waals surface area contributed by atoms with E-state index in [1.165, 1.54) is 4.70 Å². The van der Waals surface area contributed by atoms with Crippen LogP contribution in [-0.2, 0) is 0 Å². The Morgan fingerprint density at radius 2 is 1.68 bits per heavy atom. The maximum atomic E-state index is 5.46. The van der Waals surface area contributed by atoms with Crippen LogP contribution in [0.3, 0.4) is 0 Å². The Morgan fingerprint density at radius 3 is 2.48 bits per heavy atom. The number of aryl methyl sites for hydroxylation is 1. The molecule has 31 heavy (non-hydrogen) atoms. The molecular formula is C24H20N4O2S. The zero-order chi connectivity index (χ0) is 21.4. The van der Waals surface area contributed by atoms with Crippen LogP contribution in [0, 0.1) is 6.92 Å². The van der Waals surface area contributed by atoms with Gasteiger partial charge in [-0.05, 0) is 36.8 Å². The van der Waals surface area contributed by atoms with Crippen LogP contribution in [0.4, 0.5) is 11.5 Å². The molecule has 0 fully saturated rings. The maximum Gasteiger partial charge on any atom is 0.162 e. The zero-order valence-electron chi connectivity index (χ0n) is 17.3. The lowest BCUT2D eigenvalue weighted by molar-refractivity contribution is 0.356. The summed E-state index contributed by atoms with van der Waals surface area (Å²) in [5, 5.41) is 5.32. The van der Waals surface area contributed by atoms with Crippen LogP contribution in [0.2, 0.25) is 0 Å². The summed E-state index contributed by atoms with van der Waals surface area (Å²) < 4.78 is 12.0. The number of nitrogens with zero attached hydrogens (tertiary/aromatic N) is 3. The van der Waals surface area contributed by atoms with Crippen LogP contribution < -0.4 is 14.8 Å². The lowest BCUT2D eigenvalue weighted by Crippen LogP contribution is -1.99. The quantitative estimate of drug-likeness (QED) is 0.372. The lowest BCUT2D eigenvalue weighted by Gasteiger charge is -2.14. The number of benzene rings is 3. The number of ether oxygens (including phenoxy) is 2. The van der Waals surface area contributed by atoms with Crippen molar-refractivity contribution in [2.45, 2.75) is 6.92 Å². The van der Waals surface area contributed by atoms with Crippen LogP contribution in [0.5, 0.6) is 11.5 Å². The van der Waals surface area contributed by atoms with Gasteiger partial charge in [0, 0.05) is 22.7 Å². The Morgan fingerprint density at radius 1 is 0.871 bits per heavy atom. The van der Waals surface area contributed by atoms with E-state index in [9.17, 15) is 0 Å². The highest BCUT2D eigenvalue weighted by Gasteiger charge is 2.13. The molecule has 2 aromatic heterocycles. The second-order valence-corrected chi connectivity index (χ2v) is 8.12. The number of hydrogen-bond donors (Lipinski definition) is 1. The van der Waals surface area contributed by atoms with E-state index < -0.39 is 0 Å². The smallest absolute Gasteiger partial charge is 0.162 e. The Balaban J connectivity index is 1.57. The van der Waals surface area contributed by atoms with Gasteiger partial charge in [0.2, 0.25) is 0 Å². The average Bonchev–Trinajstić information content (AvgIpc) is 3.24. The van der Waals surface area contributed by atoms with Crippen molar-refractivity contribution in [2.75, 3.05) is 19.5 Å². The van der Waals surface area contributed by atoms with Crippen molar-refractivity contribution in [3.63, 3.8) is 0 Å². The van der Waals surface area contributed by atoms with Gasteiger partial charge in [0.1, 0.15) is 17.2 Å². The second-order valence-electron chi connectivity index (χ2n) is 7.09. The molecule has 154 valence electrons. The normalized spacial score (nSPS) is 11.1. The molecule has 3 aromatic carbocycles. The summed E-state index contributed by atoms with van der Waals surface area (Å²) in [6, 6.07) is 18.2. The molecule has 1 N–H and O–H groups in total. The molecule has 0 saturated heterocycles. The molecule has 7 heteroatoms. The summed E-state index contributed by atoms with van der Waals surface area (Å²) in [6.07, 6.45) is 1.54. The molecule has 0 amide bonds. The predicted molar refractivity (Wildman–Crippen MR) is 126 cm³/mol. The van der Waals surface area contributed by atoms with Crippen LogP contribution in [0.25, 0.3) is 31.7 Å². The molecule has 0 atom stereocenters. The van der Waals surface area contributed by atoms with E-state index in [1.54, 1.807) is 31.9 Å². The van der Waals surface area contributed by atoms with E-state index in [-0.39, 0.29) is 0 Å². The first kappa shape index (κ1) is 19.3. The first-order chi connectivity index (χ1) is 15.2. The third-order valence-electron chi connectivity index (χ3n) is 5.17. The van der Waals surface area contributed by atoms with Gasteiger partial charge < -0.3 is 14.8 Å². The number of methoxy groups -OCH3 is 2. The highest BCUT2D eigenvalue weighted by atomic mass is 32.1. The third kappa shape index (κ3) is 3.53. The summed E-state index contributed by atoms with van der Waals surface area (Å²) in [4.78, 5) is 13.7. The molecular weight excluding hydrogens is 408 g/mol. The van der Waals surface area contributed by atoms with E-state index in [0.29, 0.717) is 17.3 Å². The minimum atomic E-state index is 0.632. The van der Waals surface area contributed by atoms with E-state index in [4.69, 9.17) is 14.5 Å². The highest BCUT2D eigenvalue weighted by molar-refractivity contribution is 7.21. The maximum absolute atomic E-state index is 5.46. The Kier molecular flexibility index (Phi) is 4.88. The van der Waals surface area contributed by atoms with Crippen molar-refractivity contribution in [2.24, 2.45) is 0 Å². The van der Waals surface area contributed by atoms with Crippen LogP contribution in [-0.4, -0.2) is 29.2 Å². The lowest BCUT2D eigenvalue weighted by atomic mass is 10.1. The van der Waals surface area contributed by atoms with Crippen molar-refractivity contribution < 1.29 is 9.47 Å². The average molecular weight is 429 g/mol. The molecule has 2 heterocycles. The molecule has 0 radical (unpaired) electrons. The topological polar surface area (TPSA) is 69.2 Å². The van der Waals surface area contributed by atoms with Crippen molar-refractivity contribution in [1.82, 2.24) is 15.0 Å². The number of anilines is 2. The molecule has 0 unspecified atom stereocenters. The molecule has 6 nitrogen and oxygen atoms in total. The summed E-state index contributed by atoms with van der Waals surface area (Å²) in [5.74, 6) is 1.97. The van der Waals surface area contributed by atoms with E-state index in [1.807, 2.05) is 30.3 Å². The first-order valence-corrected chi connectivity index (χ1v) is 10.6. The number of nitrogens with one attached hydrogen (secondary N) is 1. The highest BCUT2D eigenvalue weighted by Crippen LogP contribution is 2.36. The minimum absolute atomic E-state index is 0.632. The molecule has 0 spiro atoms. The molecule has 0 saturated carbocycles. The zero-order valence-corrected chi connectivity index (χ0v) is 18.2. The van der Waals surface area contributed by atoms with Gasteiger partial charge in [-0.2, -0.15) is 0 Å². The van der Waals surface area contributed by atoms with Gasteiger partial charge in [0.25, 0.3) is 0 Å². The van der Waals surface area contributed by atoms with Gasteiger partial charge in [-0.25, -0.2) is 15.0 Å². The van der Waals surface area contributed by atoms with Gasteiger partial charge in [0.05, 0.1) is 30.0 Å². The van der Waals surface area contributed by atoms with E-state index >= 15 is 0 Å². The summed E-state index contributed by atoms with van der Waals surface area (Å²) in [7, 11) is 3.23. The second kappa shape index (κ2) is 7.85. The molecule has 0 bridgehead atoms. The van der Waals surface area contributed by atoms with Crippen molar-refractivity contribution in [1.29, 1.82) is 0 Å². The monoisotopic (exact) mass is 428 g/mol. The van der Waals surface area contributed by atoms with Gasteiger partial charge in [0.15, 0.2) is 11.5 Å². The fourth-order valence-electron chi connectivity index (χ4n) is 3.50. The van der Waals surface area contributed by atoms with Gasteiger partial charge in [-0.1, -0.05) is 24.3 Å². The number of rotatable bonds is 5. The number of aromatic nitrogens is 3. The minimum Gasteiger partial charge on any atom is -0.493 e. The van der Waals surface area contributed by atoms with Gasteiger partial charge in [-0.15, -0.1) is 11.3 Å². The SMILES string of the molecule is COc1cc2ncnc(Nc3cc(-c4nc5ccccc5s4)ccc3C)c2cc1OC. The Labute approximate surface area is 183 Å². The molecule has 5 rings (SSSR count). The number of thiazole rings is 1. The first-order valence-electron chi connectivity index (χ1n) is 9.76. The van der Waals surface area contributed by atoms with E-state index in [0.717, 1.165) is 38.2 Å². The number of fused-ring (bicyclic) bond motifs is 2.